The number of hydrogen-bond donors (Lipinski definition) is 1. The number of anilines is 1. The number of halogens is 3. The van der Waals surface area contributed by atoms with Crippen LogP contribution < -0.4 is 5.73 Å². The standard InChI is InChI=1S/C24H21Cl2N3O.ClH/c25-19-10-8-17(13-20(19)26)14-23(30)18-9-11-22-21(15-18)28-24(27)29(22)12-4-7-16-5-2-1-3-6-16;/h1-3,5-6,8-11,13,15H,4,7,12,14H2,(H2,27,28);1H. The molecule has 0 saturated heterocycles. The van der Waals surface area contributed by atoms with Crippen molar-refractivity contribution in [2.24, 2.45) is 0 Å². The summed E-state index contributed by atoms with van der Waals surface area (Å²) in [5, 5.41) is 0.919. The van der Waals surface area contributed by atoms with Crippen molar-refractivity contribution in [2.45, 2.75) is 25.8 Å². The molecular formula is C24H22Cl3N3O. The van der Waals surface area contributed by atoms with Crippen LogP contribution in [0.4, 0.5) is 5.95 Å². The highest BCUT2D eigenvalue weighted by Gasteiger charge is 2.13. The smallest absolute Gasteiger partial charge is 0.201 e. The zero-order valence-electron chi connectivity index (χ0n) is 16.7. The summed E-state index contributed by atoms with van der Waals surface area (Å²) >= 11 is 12.0. The van der Waals surface area contributed by atoms with E-state index in [0.29, 0.717) is 21.6 Å². The zero-order chi connectivity index (χ0) is 21.1. The quantitative estimate of drug-likeness (QED) is 0.315. The molecule has 0 aliphatic carbocycles. The van der Waals surface area contributed by atoms with Crippen LogP contribution >= 0.6 is 35.6 Å². The predicted octanol–water partition coefficient (Wildman–Crippen LogP) is 6.41. The molecule has 0 atom stereocenters. The van der Waals surface area contributed by atoms with Crippen LogP contribution in [0.2, 0.25) is 10.0 Å². The van der Waals surface area contributed by atoms with Crippen LogP contribution in [-0.4, -0.2) is 15.3 Å². The fourth-order valence-corrected chi connectivity index (χ4v) is 3.90. The fourth-order valence-electron chi connectivity index (χ4n) is 3.58. The Morgan fingerprint density at radius 3 is 2.45 bits per heavy atom. The van der Waals surface area contributed by atoms with E-state index in [1.165, 1.54) is 5.56 Å². The number of nitrogens with two attached hydrogens (primary N) is 1. The molecule has 1 heterocycles. The van der Waals surface area contributed by atoms with Crippen LogP contribution in [0.25, 0.3) is 11.0 Å². The Morgan fingerprint density at radius 2 is 1.71 bits per heavy atom. The van der Waals surface area contributed by atoms with Gasteiger partial charge in [0.05, 0.1) is 21.1 Å². The summed E-state index contributed by atoms with van der Waals surface area (Å²) in [6, 6.07) is 21.2. The first-order chi connectivity index (χ1) is 14.5. The van der Waals surface area contributed by atoms with Gasteiger partial charge < -0.3 is 10.3 Å². The second-order valence-electron chi connectivity index (χ2n) is 7.26. The van der Waals surface area contributed by atoms with Crippen LogP contribution in [-0.2, 0) is 19.4 Å². The van der Waals surface area contributed by atoms with Gasteiger partial charge in [0.25, 0.3) is 0 Å². The number of nitrogens with zero attached hydrogens (tertiary/aromatic N) is 2. The Bertz CT molecular complexity index is 1210. The number of aromatic nitrogens is 2. The highest BCUT2D eigenvalue weighted by molar-refractivity contribution is 6.42. The second kappa shape index (κ2) is 10.2. The first-order valence-corrected chi connectivity index (χ1v) is 10.5. The minimum Gasteiger partial charge on any atom is -0.369 e. The molecule has 0 unspecified atom stereocenters. The van der Waals surface area contributed by atoms with Crippen molar-refractivity contribution in [3.8, 4) is 0 Å². The van der Waals surface area contributed by atoms with Gasteiger partial charge in [-0.05, 0) is 54.3 Å². The van der Waals surface area contributed by atoms with Crippen molar-refractivity contribution in [2.75, 3.05) is 5.73 Å². The zero-order valence-corrected chi connectivity index (χ0v) is 19.1. The third-order valence-electron chi connectivity index (χ3n) is 5.14. The van der Waals surface area contributed by atoms with E-state index in [1.54, 1.807) is 18.2 Å². The highest BCUT2D eigenvalue weighted by atomic mass is 35.5. The van der Waals surface area contributed by atoms with Crippen molar-refractivity contribution in [3.05, 3.63) is 93.5 Å². The van der Waals surface area contributed by atoms with Crippen LogP contribution in [0.1, 0.15) is 27.9 Å². The molecular weight excluding hydrogens is 453 g/mol. The molecule has 1 aromatic heterocycles. The number of hydrogen-bond acceptors (Lipinski definition) is 3. The summed E-state index contributed by atoms with van der Waals surface area (Å²) < 4.78 is 2.01. The van der Waals surface area contributed by atoms with Gasteiger partial charge in [-0.25, -0.2) is 4.98 Å². The SMILES string of the molecule is Cl.Nc1nc2cc(C(=O)Cc3ccc(Cl)c(Cl)c3)ccc2n1CCCc1ccccc1. The van der Waals surface area contributed by atoms with Crippen molar-refractivity contribution >= 4 is 58.4 Å². The first kappa shape index (κ1) is 23.1. The van der Waals surface area contributed by atoms with E-state index in [-0.39, 0.29) is 24.6 Å². The van der Waals surface area contributed by atoms with Gasteiger partial charge in [-0.2, -0.15) is 0 Å². The van der Waals surface area contributed by atoms with E-state index in [4.69, 9.17) is 28.9 Å². The minimum absolute atomic E-state index is 0. The molecule has 4 rings (SSSR count). The summed E-state index contributed by atoms with van der Waals surface area (Å²) in [5.74, 6) is 0.458. The van der Waals surface area contributed by atoms with Gasteiger partial charge in [0.15, 0.2) is 5.78 Å². The molecule has 0 amide bonds. The monoisotopic (exact) mass is 473 g/mol. The molecule has 7 heteroatoms. The topological polar surface area (TPSA) is 60.9 Å². The van der Waals surface area contributed by atoms with Gasteiger partial charge in [0.1, 0.15) is 0 Å². The number of carbonyl (C=O) groups excluding carboxylic acids is 1. The van der Waals surface area contributed by atoms with Crippen LogP contribution in [0, 0.1) is 0 Å². The van der Waals surface area contributed by atoms with Gasteiger partial charge in [-0.1, -0.05) is 59.6 Å². The Hall–Kier alpha value is -2.53. The lowest BCUT2D eigenvalue weighted by Gasteiger charge is -2.07. The number of nitrogen functional groups attached to an aromatic ring is 1. The highest BCUT2D eigenvalue weighted by Crippen LogP contribution is 2.24. The maximum absolute atomic E-state index is 12.7. The van der Waals surface area contributed by atoms with Crippen LogP contribution in [0.5, 0.6) is 0 Å². The second-order valence-corrected chi connectivity index (χ2v) is 8.08. The number of Topliss-reactive ketones (excluding diaryl/α,β-unsaturated/α-hetero) is 1. The molecule has 160 valence electrons. The van der Waals surface area contributed by atoms with Crippen molar-refractivity contribution < 1.29 is 4.79 Å². The molecule has 4 nitrogen and oxygen atoms in total. The van der Waals surface area contributed by atoms with Crippen molar-refractivity contribution in [1.82, 2.24) is 9.55 Å². The summed E-state index contributed by atoms with van der Waals surface area (Å²) in [4.78, 5) is 17.2. The molecule has 0 saturated carbocycles. The number of rotatable bonds is 7. The van der Waals surface area contributed by atoms with Crippen molar-refractivity contribution in [1.29, 1.82) is 0 Å². The van der Waals surface area contributed by atoms with Gasteiger partial charge >= 0.3 is 0 Å². The average Bonchev–Trinajstić information content (AvgIpc) is 3.06. The first-order valence-electron chi connectivity index (χ1n) is 9.78. The third kappa shape index (κ3) is 5.40. The number of aryl methyl sites for hydroxylation is 2. The predicted molar refractivity (Wildman–Crippen MR) is 131 cm³/mol. The van der Waals surface area contributed by atoms with Crippen LogP contribution in [0.15, 0.2) is 66.7 Å². The Kier molecular flexibility index (Phi) is 7.60. The fraction of sp³-hybridized carbons (Fsp3) is 0.167. The summed E-state index contributed by atoms with van der Waals surface area (Å²) in [6.07, 6.45) is 2.17. The Labute approximate surface area is 197 Å². The maximum Gasteiger partial charge on any atom is 0.201 e. The Morgan fingerprint density at radius 1 is 0.935 bits per heavy atom. The largest absolute Gasteiger partial charge is 0.369 e. The third-order valence-corrected chi connectivity index (χ3v) is 5.88. The van der Waals surface area contributed by atoms with E-state index in [1.807, 2.05) is 41.0 Å². The van der Waals surface area contributed by atoms with Gasteiger partial charge in [-0.3, -0.25) is 4.79 Å². The molecule has 4 aromatic rings. The van der Waals surface area contributed by atoms with Gasteiger partial charge in [-0.15, -0.1) is 12.4 Å². The molecule has 31 heavy (non-hydrogen) atoms. The van der Waals surface area contributed by atoms with E-state index in [9.17, 15) is 4.79 Å². The van der Waals surface area contributed by atoms with Crippen molar-refractivity contribution in [3.63, 3.8) is 0 Å². The molecule has 0 bridgehead atoms. The maximum atomic E-state index is 12.7. The lowest BCUT2D eigenvalue weighted by atomic mass is 10.0. The molecule has 0 aliphatic rings. The Balaban J connectivity index is 0.00000272. The number of benzene rings is 3. The van der Waals surface area contributed by atoms with E-state index in [0.717, 1.165) is 36.0 Å². The number of carbonyl (C=O) groups is 1. The molecule has 2 N–H and O–H groups in total. The van der Waals surface area contributed by atoms with E-state index < -0.39 is 0 Å². The van der Waals surface area contributed by atoms with Gasteiger partial charge in [0.2, 0.25) is 5.95 Å². The lowest BCUT2D eigenvalue weighted by molar-refractivity contribution is 0.0993. The van der Waals surface area contributed by atoms with Gasteiger partial charge in [0, 0.05) is 18.5 Å². The molecule has 0 fully saturated rings. The molecule has 0 spiro atoms. The summed E-state index contributed by atoms with van der Waals surface area (Å²) in [5.41, 5.74) is 10.5. The van der Waals surface area contributed by atoms with E-state index >= 15 is 0 Å². The molecule has 0 radical (unpaired) electrons. The number of fused-ring (bicyclic) bond motifs is 1. The summed E-state index contributed by atoms with van der Waals surface area (Å²) in [6.45, 7) is 0.772. The lowest BCUT2D eigenvalue weighted by Crippen LogP contribution is -2.05. The molecule has 3 aromatic carbocycles. The average molecular weight is 475 g/mol. The summed E-state index contributed by atoms with van der Waals surface area (Å²) in [7, 11) is 0. The molecule has 0 aliphatic heterocycles. The van der Waals surface area contributed by atoms with E-state index in [2.05, 4.69) is 17.1 Å². The minimum atomic E-state index is -0.00696. The number of imidazole rings is 1. The normalized spacial score (nSPS) is 10.8. The van der Waals surface area contributed by atoms with Crippen LogP contribution in [0.3, 0.4) is 0 Å². The number of ketones is 1.